The summed E-state index contributed by atoms with van der Waals surface area (Å²) in [6.07, 6.45) is 1.56. The Hall–Kier alpha value is -1.68. The van der Waals surface area contributed by atoms with Crippen LogP contribution in [-0.2, 0) is 21.4 Å². The molecule has 1 saturated heterocycles. The van der Waals surface area contributed by atoms with Crippen LogP contribution in [0.2, 0.25) is 0 Å². The third-order valence-electron chi connectivity index (χ3n) is 5.12. The molecule has 0 amide bonds. The first-order chi connectivity index (χ1) is 10.3. The van der Waals surface area contributed by atoms with Crippen LogP contribution in [-0.4, -0.2) is 36.3 Å². The van der Waals surface area contributed by atoms with Crippen LogP contribution in [0.5, 0.6) is 5.75 Å². The zero-order valence-electron chi connectivity index (χ0n) is 13.7. The van der Waals surface area contributed by atoms with E-state index in [-0.39, 0.29) is 17.9 Å². The first kappa shape index (κ1) is 15.2. The SMILES string of the molecule is CC(C)C(=O)Oc1ccc2c(c1)[C@@]1(C)CCN(C)[C@H](C2)C1=O. The topological polar surface area (TPSA) is 46.6 Å². The van der Waals surface area contributed by atoms with Gasteiger partial charge in [-0.1, -0.05) is 19.9 Å². The fourth-order valence-electron chi connectivity index (χ4n) is 3.52. The van der Waals surface area contributed by atoms with E-state index in [1.54, 1.807) is 0 Å². The standard InChI is InChI=1S/C18H23NO3/c1-11(2)17(21)22-13-6-5-12-9-15-16(20)18(3,14(12)10-13)7-8-19(15)4/h5-6,10-11,15H,7-9H2,1-4H3/t15-,18-/m1/s1. The number of rotatable bonds is 2. The molecule has 0 aromatic heterocycles. The minimum atomic E-state index is -0.453. The van der Waals surface area contributed by atoms with Crippen molar-refractivity contribution >= 4 is 11.8 Å². The van der Waals surface area contributed by atoms with Gasteiger partial charge in [-0.15, -0.1) is 0 Å². The monoisotopic (exact) mass is 301 g/mol. The Morgan fingerprint density at radius 1 is 1.41 bits per heavy atom. The second-order valence-corrected chi connectivity index (χ2v) is 7.04. The normalized spacial score (nSPS) is 27.7. The molecule has 3 rings (SSSR count). The number of likely N-dealkylation sites (tertiary alicyclic amines) is 1. The molecule has 0 unspecified atom stereocenters. The smallest absolute Gasteiger partial charge is 0.313 e. The van der Waals surface area contributed by atoms with Gasteiger partial charge in [-0.3, -0.25) is 14.5 Å². The maximum absolute atomic E-state index is 12.8. The van der Waals surface area contributed by atoms with Gasteiger partial charge < -0.3 is 4.74 Å². The van der Waals surface area contributed by atoms with Crippen LogP contribution in [0.1, 0.15) is 38.3 Å². The highest BCUT2D eigenvalue weighted by molar-refractivity contribution is 5.97. The Bertz CT molecular complexity index is 637. The van der Waals surface area contributed by atoms with Gasteiger partial charge in [0.2, 0.25) is 0 Å². The number of benzene rings is 1. The molecule has 1 aliphatic heterocycles. The second-order valence-electron chi connectivity index (χ2n) is 7.04. The average molecular weight is 301 g/mol. The first-order valence-electron chi connectivity index (χ1n) is 7.92. The molecule has 0 spiro atoms. The van der Waals surface area contributed by atoms with Crippen molar-refractivity contribution in [2.24, 2.45) is 5.92 Å². The lowest BCUT2D eigenvalue weighted by Crippen LogP contribution is -2.58. The molecule has 1 fully saturated rings. The van der Waals surface area contributed by atoms with Crippen molar-refractivity contribution in [2.45, 2.75) is 45.1 Å². The third kappa shape index (κ3) is 2.26. The van der Waals surface area contributed by atoms with Crippen LogP contribution in [0.15, 0.2) is 18.2 Å². The van der Waals surface area contributed by atoms with Gasteiger partial charge in [-0.05, 0) is 56.6 Å². The van der Waals surface area contributed by atoms with Gasteiger partial charge in [0.25, 0.3) is 0 Å². The molecule has 0 saturated carbocycles. The van der Waals surface area contributed by atoms with E-state index >= 15 is 0 Å². The number of hydrogen-bond donors (Lipinski definition) is 0. The lowest BCUT2D eigenvalue weighted by atomic mass is 9.64. The number of hydrogen-bond acceptors (Lipinski definition) is 4. The number of ketones is 1. The van der Waals surface area contributed by atoms with Gasteiger partial charge in [0.1, 0.15) is 5.75 Å². The van der Waals surface area contributed by atoms with Crippen LogP contribution in [0.3, 0.4) is 0 Å². The highest BCUT2D eigenvalue weighted by Crippen LogP contribution is 2.43. The van der Waals surface area contributed by atoms with E-state index in [2.05, 4.69) is 4.90 Å². The molecule has 2 atom stereocenters. The van der Waals surface area contributed by atoms with Crippen molar-refractivity contribution in [1.29, 1.82) is 0 Å². The largest absolute Gasteiger partial charge is 0.426 e. The summed E-state index contributed by atoms with van der Waals surface area (Å²) in [7, 11) is 2.02. The summed E-state index contributed by atoms with van der Waals surface area (Å²) < 4.78 is 5.42. The average Bonchev–Trinajstić information content (AvgIpc) is 2.47. The first-order valence-corrected chi connectivity index (χ1v) is 7.92. The summed E-state index contributed by atoms with van der Waals surface area (Å²) >= 11 is 0. The lowest BCUT2D eigenvalue weighted by Gasteiger charge is -2.47. The Balaban J connectivity index is 1.99. The summed E-state index contributed by atoms with van der Waals surface area (Å²) in [5.41, 5.74) is 1.78. The third-order valence-corrected chi connectivity index (χ3v) is 5.12. The van der Waals surface area contributed by atoms with Crippen molar-refractivity contribution in [2.75, 3.05) is 13.6 Å². The predicted octanol–water partition coefficient (Wildman–Crippen LogP) is 2.33. The molecule has 22 heavy (non-hydrogen) atoms. The molecule has 4 nitrogen and oxygen atoms in total. The van der Waals surface area contributed by atoms with E-state index in [1.165, 1.54) is 5.56 Å². The maximum atomic E-state index is 12.8. The molecular formula is C18H23NO3. The van der Waals surface area contributed by atoms with Crippen LogP contribution < -0.4 is 4.74 Å². The van der Waals surface area contributed by atoms with E-state index in [0.29, 0.717) is 11.5 Å². The predicted molar refractivity (Wildman–Crippen MR) is 84.0 cm³/mol. The van der Waals surface area contributed by atoms with Gasteiger partial charge in [-0.2, -0.15) is 0 Å². The number of ether oxygens (including phenoxy) is 1. The summed E-state index contributed by atoms with van der Waals surface area (Å²) in [6.45, 7) is 6.57. The van der Waals surface area contributed by atoms with Gasteiger partial charge in [0.05, 0.1) is 17.4 Å². The van der Waals surface area contributed by atoms with Crippen molar-refractivity contribution in [3.8, 4) is 5.75 Å². The number of carbonyl (C=O) groups excluding carboxylic acids is 2. The molecule has 1 aliphatic carbocycles. The summed E-state index contributed by atoms with van der Waals surface area (Å²) in [6, 6.07) is 5.73. The quantitative estimate of drug-likeness (QED) is 0.621. The highest BCUT2D eigenvalue weighted by Gasteiger charge is 2.49. The summed E-state index contributed by atoms with van der Waals surface area (Å²) in [5, 5.41) is 0. The van der Waals surface area contributed by atoms with Gasteiger partial charge in [-0.25, -0.2) is 0 Å². The number of likely N-dealkylation sites (N-methyl/N-ethyl adjacent to an activating group) is 1. The molecule has 2 bridgehead atoms. The van der Waals surface area contributed by atoms with E-state index < -0.39 is 5.41 Å². The minimum absolute atomic E-state index is 0.0182. The van der Waals surface area contributed by atoms with E-state index in [1.807, 2.05) is 46.0 Å². The number of carbonyl (C=O) groups is 2. The van der Waals surface area contributed by atoms with Crippen LogP contribution >= 0.6 is 0 Å². The zero-order chi connectivity index (χ0) is 16.1. The summed E-state index contributed by atoms with van der Waals surface area (Å²) in [5.74, 6) is 0.430. The Kier molecular flexibility index (Phi) is 3.60. The minimum Gasteiger partial charge on any atom is -0.426 e. The second kappa shape index (κ2) is 5.20. The molecular weight excluding hydrogens is 278 g/mol. The van der Waals surface area contributed by atoms with Crippen molar-refractivity contribution in [3.63, 3.8) is 0 Å². The van der Waals surface area contributed by atoms with Crippen LogP contribution in [0, 0.1) is 5.92 Å². The highest BCUT2D eigenvalue weighted by atomic mass is 16.5. The zero-order valence-corrected chi connectivity index (χ0v) is 13.7. The Morgan fingerprint density at radius 2 is 2.14 bits per heavy atom. The molecule has 2 aliphatic rings. The van der Waals surface area contributed by atoms with Crippen molar-refractivity contribution < 1.29 is 14.3 Å². The number of piperidine rings is 1. The van der Waals surface area contributed by atoms with Gasteiger partial charge >= 0.3 is 5.97 Å². The lowest BCUT2D eigenvalue weighted by molar-refractivity contribution is -0.137. The molecule has 4 heteroatoms. The number of nitrogens with zero attached hydrogens (tertiary/aromatic N) is 1. The van der Waals surface area contributed by atoms with E-state index in [0.717, 1.165) is 24.9 Å². The summed E-state index contributed by atoms with van der Waals surface area (Å²) in [4.78, 5) is 26.7. The molecule has 0 radical (unpaired) electrons. The van der Waals surface area contributed by atoms with Crippen molar-refractivity contribution in [3.05, 3.63) is 29.3 Å². The number of fused-ring (bicyclic) bond motifs is 4. The Morgan fingerprint density at radius 3 is 2.82 bits per heavy atom. The molecule has 0 N–H and O–H groups in total. The van der Waals surface area contributed by atoms with Crippen molar-refractivity contribution in [1.82, 2.24) is 4.90 Å². The maximum Gasteiger partial charge on any atom is 0.313 e. The number of esters is 1. The fraction of sp³-hybridized carbons (Fsp3) is 0.556. The molecule has 1 heterocycles. The van der Waals surface area contributed by atoms with Crippen LogP contribution in [0.4, 0.5) is 0 Å². The molecule has 118 valence electrons. The number of Topliss-reactive ketones (excluding diaryl/α,β-unsaturated/α-hetero) is 1. The van der Waals surface area contributed by atoms with Crippen LogP contribution in [0.25, 0.3) is 0 Å². The van der Waals surface area contributed by atoms with Gasteiger partial charge in [0, 0.05) is 0 Å². The van der Waals surface area contributed by atoms with E-state index in [9.17, 15) is 9.59 Å². The van der Waals surface area contributed by atoms with E-state index in [4.69, 9.17) is 4.74 Å². The molecule has 1 aromatic carbocycles. The molecule has 1 aromatic rings. The van der Waals surface area contributed by atoms with Gasteiger partial charge in [0.15, 0.2) is 5.78 Å². The fourth-order valence-corrected chi connectivity index (χ4v) is 3.52. The Labute approximate surface area is 131 Å².